The molecule has 3 N–H and O–H groups in total. The van der Waals surface area contributed by atoms with Crippen molar-refractivity contribution in [3.63, 3.8) is 0 Å². The van der Waals surface area contributed by atoms with E-state index in [9.17, 15) is 10.2 Å². The van der Waals surface area contributed by atoms with Gasteiger partial charge < -0.3 is 26.6 Å². The van der Waals surface area contributed by atoms with Crippen molar-refractivity contribution in [1.82, 2.24) is 9.78 Å². The standard InChI is InChI=1S/C19H18N4O2.Mo.H2O.2O/c1-13(20-21-18(24)15-9-5-3-6-10-15)17-14(2)22-23(19(17)25)16-11-7-4-8-12-16;;;;/h3-12,25H,1-2H3,(H,21,24);;1H2;;/q;;;2*-2/p-1/b20-13+;;;;. The fourth-order valence-electron chi connectivity index (χ4n) is 2.48. The Kier molecular flexibility index (Phi) is 12.3. The van der Waals surface area contributed by atoms with Gasteiger partial charge in [0.2, 0.25) is 0 Å². The van der Waals surface area contributed by atoms with Crippen molar-refractivity contribution in [1.29, 1.82) is 0 Å². The van der Waals surface area contributed by atoms with Crippen molar-refractivity contribution >= 4 is 11.6 Å². The molecule has 0 fully saturated rings. The summed E-state index contributed by atoms with van der Waals surface area (Å²) in [7, 11) is 0. The Hall–Kier alpha value is -2.84. The summed E-state index contributed by atoms with van der Waals surface area (Å²) in [5.74, 6) is -0.743. The Balaban J connectivity index is 0. The monoisotopic (exact) mass is 481 g/mol. The number of benzene rings is 2. The minimum atomic E-state index is -0.458. The van der Waals surface area contributed by atoms with Crippen molar-refractivity contribution in [2.24, 2.45) is 10.2 Å². The molecule has 0 atom stereocenters. The predicted octanol–water partition coefficient (Wildman–Crippen LogP) is 0.623. The van der Waals surface area contributed by atoms with Gasteiger partial charge >= 0.3 is 0 Å². The molecular weight excluding hydrogens is 460 g/mol. The number of aromatic nitrogens is 2. The SMILES string of the molecule is C/C(=N\N=C(/[O-])c1ccccc1)c1c(C)nn(-c2ccccc2)c1[O-].[Mo].[O-2].[O-2].[OH3+]. The second kappa shape index (κ2) is 12.6. The van der Waals surface area contributed by atoms with E-state index in [0.29, 0.717) is 28.2 Å². The van der Waals surface area contributed by atoms with Gasteiger partial charge in [-0.25, -0.2) is 4.68 Å². The van der Waals surface area contributed by atoms with Gasteiger partial charge in [-0.05, 0) is 31.5 Å². The average Bonchev–Trinajstić information content (AvgIpc) is 2.95. The maximum Gasteiger partial charge on any atom is 0.0699 e. The number of hydrogen-bond donors (Lipinski definition) is 0. The van der Waals surface area contributed by atoms with Crippen LogP contribution in [0.3, 0.4) is 0 Å². The first-order chi connectivity index (χ1) is 12.1. The summed E-state index contributed by atoms with van der Waals surface area (Å²) >= 11 is 0. The Morgan fingerprint density at radius 3 is 2.00 bits per heavy atom. The van der Waals surface area contributed by atoms with E-state index in [1.54, 1.807) is 50.2 Å². The van der Waals surface area contributed by atoms with Gasteiger partial charge in [0.1, 0.15) is 0 Å². The second-order valence-corrected chi connectivity index (χ2v) is 5.47. The van der Waals surface area contributed by atoms with Crippen LogP contribution in [0.15, 0.2) is 70.9 Å². The van der Waals surface area contributed by atoms with Gasteiger partial charge in [0.05, 0.1) is 17.1 Å². The van der Waals surface area contributed by atoms with Crippen molar-refractivity contribution in [2.75, 3.05) is 0 Å². The molecule has 0 radical (unpaired) electrons. The molecule has 0 saturated carbocycles. The van der Waals surface area contributed by atoms with Crippen molar-refractivity contribution in [3.8, 4) is 11.6 Å². The summed E-state index contributed by atoms with van der Waals surface area (Å²) in [5.41, 5.74) is 2.37. The molecule has 156 valence electrons. The van der Waals surface area contributed by atoms with Gasteiger partial charge in [-0.3, -0.25) is 0 Å². The zero-order chi connectivity index (χ0) is 17.8. The molecule has 10 heteroatoms. The average molecular weight is 479 g/mol. The molecule has 1 aromatic heterocycles. The maximum atomic E-state index is 12.6. The van der Waals surface area contributed by atoms with E-state index in [1.807, 2.05) is 24.3 Å². The molecule has 9 nitrogen and oxygen atoms in total. The molecule has 0 bridgehead atoms. The van der Waals surface area contributed by atoms with Crippen molar-refractivity contribution in [2.45, 2.75) is 13.8 Å². The number of nitrogens with zero attached hydrogens (tertiary/aromatic N) is 4. The zero-order valence-corrected chi connectivity index (χ0v) is 17.7. The van der Waals surface area contributed by atoms with E-state index < -0.39 is 5.90 Å². The molecule has 0 saturated heterocycles. The summed E-state index contributed by atoms with van der Waals surface area (Å²) in [6.07, 6.45) is 0. The number of para-hydroxylation sites is 1. The Morgan fingerprint density at radius 2 is 1.45 bits per heavy atom. The van der Waals surface area contributed by atoms with Crippen LogP contribution in [0.2, 0.25) is 0 Å². The van der Waals surface area contributed by atoms with E-state index in [0.717, 1.165) is 0 Å². The van der Waals surface area contributed by atoms with Crippen LogP contribution in [-0.4, -0.2) is 21.4 Å². The Labute approximate surface area is 182 Å². The maximum absolute atomic E-state index is 12.6. The van der Waals surface area contributed by atoms with Crippen LogP contribution in [0.1, 0.15) is 23.7 Å². The quantitative estimate of drug-likeness (QED) is 0.175. The molecule has 0 aliphatic heterocycles. The second-order valence-electron chi connectivity index (χ2n) is 5.47. The van der Waals surface area contributed by atoms with Gasteiger partial charge in [0, 0.05) is 38.4 Å². The van der Waals surface area contributed by atoms with Crippen LogP contribution in [0.5, 0.6) is 5.88 Å². The van der Waals surface area contributed by atoms with Crippen molar-refractivity contribution < 1.29 is 47.7 Å². The van der Waals surface area contributed by atoms with Crippen LogP contribution >= 0.6 is 0 Å². The summed E-state index contributed by atoms with van der Waals surface area (Å²) in [4.78, 5) is 0. The van der Waals surface area contributed by atoms with Crippen LogP contribution in [-0.2, 0) is 37.5 Å². The minimum absolute atomic E-state index is 0. The fourth-order valence-corrected chi connectivity index (χ4v) is 2.48. The Morgan fingerprint density at radius 1 is 0.931 bits per heavy atom. The molecule has 0 aliphatic rings. The van der Waals surface area contributed by atoms with E-state index in [2.05, 4.69) is 15.3 Å². The molecule has 0 amide bonds. The van der Waals surface area contributed by atoms with Crippen LogP contribution in [0, 0.1) is 6.92 Å². The number of aryl methyl sites for hydroxylation is 1. The molecule has 0 spiro atoms. The molecule has 29 heavy (non-hydrogen) atoms. The molecule has 3 aromatic rings. The van der Waals surface area contributed by atoms with E-state index in [-0.39, 0.29) is 43.4 Å². The van der Waals surface area contributed by atoms with Crippen LogP contribution in [0.25, 0.3) is 5.69 Å². The van der Waals surface area contributed by atoms with Crippen LogP contribution < -0.4 is 10.2 Å². The Bertz CT molecular complexity index is 944. The molecule has 0 unspecified atom stereocenters. The predicted molar refractivity (Wildman–Crippen MR) is 99.2 cm³/mol. The van der Waals surface area contributed by atoms with E-state index >= 15 is 0 Å². The van der Waals surface area contributed by atoms with Gasteiger partial charge in [-0.1, -0.05) is 48.5 Å². The normalized spacial score (nSPS) is 10.7. The molecule has 3 rings (SSSR count). The first-order valence-corrected chi connectivity index (χ1v) is 7.75. The third-order valence-corrected chi connectivity index (χ3v) is 3.69. The first kappa shape index (κ1) is 28.4. The molecule has 1 heterocycles. The van der Waals surface area contributed by atoms with Crippen LogP contribution in [0.4, 0.5) is 0 Å². The number of rotatable bonds is 4. The topological polar surface area (TPSA) is 179 Å². The molecule has 0 aliphatic carbocycles. The summed E-state index contributed by atoms with van der Waals surface area (Å²) in [6, 6.07) is 17.8. The van der Waals surface area contributed by atoms with Gasteiger partial charge in [-0.15, -0.1) is 0 Å². The smallest absolute Gasteiger partial charge is 0.0699 e. The minimum Gasteiger partial charge on any atom is -2.00 e. The fraction of sp³-hybridized carbons (Fsp3) is 0.105. The zero-order valence-electron chi connectivity index (χ0n) is 15.7. The van der Waals surface area contributed by atoms with Gasteiger partial charge in [0.25, 0.3) is 0 Å². The van der Waals surface area contributed by atoms with Gasteiger partial charge in [0.15, 0.2) is 0 Å². The van der Waals surface area contributed by atoms with Crippen molar-refractivity contribution in [3.05, 3.63) is 77.5 Å². The summed E-state index contributed by atoms with van der Waals surface area (Å²) in [5, 5.41) is 36.6. The largest absolute Gasteiger partial charge is 2.00 e. The number of hydrogen-bond acceptors (Lipinski definition) is 5. The summed E-state index contributed by atoms with van der Waals surface area (Å²) in [6.45, 7) is 3.37. The summed E-state index contributed by atoms with van der Waals surface area (Å²) < 4.78 is 1.32. The van der Waals surface area contributed by atoms with E-state index in [1.165, 1.54) is 4.68 Å². The molecule has 2 aromatic carbocycles. The third-order valence-electron chi connectivity index (χ3n) is 3.69. The third kappa shape index (κ3) is 6.33. The van der Waals surface area contributed by atoms with Gasteiger partial charge in [-0.2, -0.15) is 15.3 Å². The first-order valence-electron chi connectivity index (χ1n) is 7.75. The van der Waals surface area contributed by atoms with E-state index in [4.69, 9.17) is 0 Å². The molecular formula is C19H19MoN4O5-5.